The molecular weight excluding hydrogens is 186 g/mol. The maximum absolute atomic E-state index is 9.92. The molecule has 5 heteroatoms. The van der Waals surface area contributed by atoms with Gasteiger partial charge >= 0.3 is 0 Å². The van der Waals surface area contributed by atoms with Crippen LogP contribution in [-0.4, -0.2) is 22.3 Å². The van der Waals surface area contributed by atoms with Gasteiger partial charge in [0.15, 0.2) is 0 Å². The normalized spacial score (nSPS) is 10.8. The Morgan fingerprint density at radius 1 is 1.29 bits per heavy atom. The van der Waals surface area contributed by atoms with Crippen LogP contribution in [0, 0.1) is 5.21 Å². The lowest BCUT2D eigenvalue weighted by Gasteiger charge is -2.17. The summed E-state index contributed by atoms with van der Waals surface area (Å²) >= 11 is 0. The van der Waals surface area contributed by atoms with Gasteiger partial charge in [-0.1, -0.05) is 12.1 Å². The maximum atomic E-state index is 9.92. The molecule has 0 saturated heterocycles. The second kappa shape index (κ2) is 5.56. The molecule has 1 aromatic carbocycles. The SMILES string of the molecule is [O-]N(O)OCCCc1ccc(O)cc1. The van der Waals surface area contributed by atoms with Gasteiger partial charge in [-0.05, 0) is 30.5 Å². The highest BCUT2D eigenvalue weighted by Crippen LogP contribution is 2.10. The van der Waals surface area contributed by atoms with E-state index in [1.807, 2.05) is 0 Å². The Hall–Kier alpha value is -1.14. The Labute approximate surface area is 81.6 Å². The fraction of sp³-hybridized carbons (Fsp3) is 0.333. The molecule has 0 amide bonds. The van der Waals surface area contributed by atoms with Crippen molar-refractivity contribution in [2.24, 2.45) is 0 Å². The summed E-state index contributed by atoms with van der Waals surface area (Å²) in [7, 11) is 0. The Morgan fingerprint density at radius 3 is 2.50 bits per heavy atom. The van der Waals surface area contributed by atoms with Crippen LogP contribution >= 0.6 is 0 Å². The number of rotatable bonds is 5. The van der Waals surface area contributed by atoms with Crippen LogP contribution in [-0.2, 0) is 11.3 Å². The number of nitrogens with zero attached hydrogens (tertiary/aromatic N) is 1. The molecule has 0 fully saturated rings. The van der Waals surface area contributed by atoms with E-state index in [-0.39, 0.29) is 12.4 Å². The molecule has 78 valence electrons. The van der Waals surface area contributed by atoms with Gasteiger partial charge in [-0.15, -0.1) is 5.39 Å². The number of aryl methyl sites for hydroxylation is 1. The highest BCUT2D eigenvalue weighted by atomic mass is 17.1. The van der Waals surface area contributed by atoms with Crippen LogP contribution < -0.4 is 0 Å². The number of benzene rings is 1. The van der Waals surface area contributed by atoms with Crippen molar-refractivity contribution < 1.29 is 15.2 Å². The lowest BCUT2D eigenvalue weighted by molar-refractivity contribution is -0.305. The van der Waals surface area contributed by atoms with Crippen LogP contribution in [0.4, 0.5) is 0 Å². The van der Waals surface area contributed by atoms with Gasteiger partial charge in [0.25, 0.3) is 0 Å². The first kappa shape index (κ1) is 10.9. The molecule has 0 bridgehead atoms. The topological polar surface area (TPSA) is 76.0 Å². The zero-order chi connectivity index (χ0) is 10.4. The van der Waals surface area contributed by atoms with E-state index in [0.29, 0.717) is 6.42 Å². The predicted molar refractivity (Wildman–Crippen MR) is 49.4 cm³/mol. The number of aromatic hydroxyl groups is 1. The number of hydrogen-bond acceptors (Lipinski definition) is 5. The fourth-order valence-electron chi connectivity index (χ4n) is 1.08. The number of phenolic OH excluding ortho intramolecular Hbond substituents is 1. The molecule has 0 aliphatic rings. The smallest absolute Gasteiger partial charge is 0.115 e. The zero-order valence-electron chi connectivity index (χ0n) is 7.59. The minimum absolute atomic E-state index is 0.168. The van der Waals surface area contributed by atoms with E-state index in [1.165, 1.54) is 0 Å². The minimum Gasteiger partial charge on any atom is -0.738 e. The summed E-state index contributed by atoms with van der Waals surface area (Å²) in [5.41, 5.74) is 1.04. The molecule has 0 aromatic heterocycles. The average molecular weight is 198 g/mol. The van der Waals surface area contributed by atoms with Crippen molar-refractivity contribution in [2.75, 3.05) is 6.61 Å². The first-order chi connectivity index (χ1) is 6.68. The highest BCUT2D eigenvalue weighted by molar-refractivity contribution is 5.25. The van der Waals surface area contributed by atoms with Gasteiger partial charge in [0.05, 0.1) is 6.61 Å². The third-order valence-electron chi connectivity index (χ3n) is 1.75. The van der Waals surface area contributed by atoms with Gasteiger partial charge in [-0.3, -0.25) is 4.84 Å². The van der Waals surface area contributed by atoms with E-state index in [1.54, 1.807) is 24.3 Å². The molecule has 0 saturated carbocycles. The molecule has 0 aliphatic carbocycles. The first-order valence-electron chi connectivity index (χ1n) is 4.25. The second-order valence-corrected chi connectivity index (χ2v) is 2.84. The van der Waals surface area contributed by atoms with Gasteiger partial charge in [0.1, 0.15) is 5.75 Å². The summed E-state index contributed by atoms with van der Waals surface area (Å²) in [5, 5.41) is 26.5. The molecular formula is C9H12NO4-. The average Bonchev–Trinajstić information content (AvgIpc) is 2.15. The van der Waals surface area contributed by atoms with Crippen molar-refractivity contribution in [2.45, 2.75) is 12.8 Å². The molecule has 0 radical (unpaired) electrons. The van der Waals surface area contributed by atoms with E-state index < -0.39 is 5.39 Å². The van der Waals surface area contributed by atoms with Crippen LogP contribution in [0.3, 0.4) is 0 Å². The molecule has 14 heavy (non-hydrogen) atoms. The largest absolute Gasteiger partial charge is 0.738 e. The van der Waals surface area contributed by atoms with Crippen LogP contribution in [0.1, 0.15) is 12.0 Å². The van der Waals surface area contributed by atoms with Crippen LogP contribution in [0.25, 0.3) is 0 Å². The monoisotopic (exact) mass is 198 g/mol. The van der Waals surface area contributed by atoms with Crippen molar-refractivity contribution in [3.63, 3.8) is 0 Å². The lowest BCUT2D eigenvalue weighted by Crippen LogP contribution is -2.12. The summed E-state index contributed by atoms with van der Waals surface area (Å²) in [6.07, 6.45) is 1.36. The zero-order valence-corrected chi connectivity index (χ0v) is 7.59. The molecule has 1 rings (SSSR count). The van der Waals surface area contributed by atoms with Gasteiger partial charge in [-0.2, -0.15) is 0 Å². The molecule has 1 aromatic rings. The summed E-state index contributed by atoms with van der Waals surface area (Å²) in [4.78, 5) is 4.27. The van der Waals surface area contributed by atoms with Crippen LogP contribution in [0.2, 0.25) is 0 Å². The third kappa shape index (κ3) is 4.20. The first-order valence-corrected chi connectivity index (χ1v) is 4.25. The summed E-state index contributed by atoms with van der Waals surface area (Å²) in [6.45, 7) is 0.168. The van der Waals surface area contributed by atoms with Crippen molar-refractivity contribution >= 4 is 0 Å². The van der Waals surface area contributed by atoms with Gasteiger partial charge in [0, 0.05) is 0 Å². The summed E-state index contributed by atoms with van der Waals surface area (Å²) in [6, 6.07) is 6.79. The highest BCUT2D eigenvalue weighted by Gasteiger charge is 1.94. The van der Waals surface area contributed by atoms with E-state index in [9.17, 15) is 5.21 Å². The quantitative estimate of drug-likeness (QED) is 0.553. The fourth-order valence-corrected chi connectivity index (χ4v) is 1.08. The summed E-state index contributed by atoms with van der Waals surface area (Å²) < 4.78 is 0. The molecule has 2 N–H and O–H groups in total. The molecule has 5 nitrogen and oxygen atoms in total. The standard InChI is InChI=1S/C9H12NO4/c11-9-5-3-8(4-6-9)2-1-7-14-10(12)13/h3-6,11-12H,1-2,7H2/q-1. The van der Waals surface area contributed by atoms with Crippen LogP contribution in [0.15, 0.2) is 24.3 Å². The molecule has 0 spiro atoms. The van der Waals surface area contributed by atoms with Crippen molar-refractivity contribution in [1.29, 1.82) is 0 Å². The van der Waals surface area contributed by atoms with Crippen LogP contribution in [0.5, 0.6) is 5.75 Å². The van der Waals surface area contributed by atoms with Crippen molar-refractivity contribution in [1.82, 2.24) is 5.39 Å². The van der Waals surface area contributed by atoms with E-state index >= 15 is 0 Å². The van der Waals surface area contributed by atoms with Crippen molar-refractivity contribution in [3.8, 4) is 5.75 Å². The van der Waals surface area contributed by atoms with E-state index in [4.69, 9.17) is 10.3 Å². The molecule has 0 unspecified atom stereocenters. The molecule has 0 heterocycles. The summed E-state index contributed by atoms with van der Waals surface area (Å²) in [5.74, 6) is 0.228. The third-order valence-corrected chi connectivity index (χ3v) is 1.75. The van der Waals surface area contributed by atoms with Crippen molar-refractivity contribution in [3.05, 3.63) is 35.0 Å². The van der Waals surface area contributed by atoms with Gasteiger partial charge < -0.3 is 15.5 Å². The molecule has 0 aliphatic heterocycles. The number of hydrogen-bond donors (Lipinski definition) is 2. The number of phenols is 1. The Kier molecular flexibility index (Phi) is 4.34. The minimum atomic E-state index is -0.545. The predicted octanol–water partition coefficient (Wildman–Crippen LogP) is 1.45. The lowest BCUT2D eigenvalue weighted by atomic mass is 10.1. The Bertz CT molecular complexity index is 260. The molecule has 0 atom stereocenters. The Balaban J connectivity index is 2.21. The van der Waals surface area contributed by atoms with Gasteiger partial charge in [0.2, 0.25) is 0 Å². The maximum Gasteiger partial charge on any atom is 0.115 e. The van der Waals surface area contributed by atoms with E-state index in [0.717, 1.165) is 12.0 Å². The second-order valence-electron chi connectivity index (χ2n) is 2.84. The Morgan fingerprint density at radius 2 is 1.93 bits per heavy atom. The van der Waals surface area contributed by atoms with E-state index in [2.05, 4.69) is 4.84 Å². The van der Waals surface area contributed by atoms with Gasteiger partial charge in [-0.25, -0.2) is 0 Å².